The fourth-order valence-corrected chi connectivity index (χ4v) is 3.17. The van der Waals surface area contributed by atoms with Crippen molar-refractivity contribution in [3.8, 4) is 5.75 Å². The van der Waals surface area contributed by atoms with Crippen LogP contribution in [0.2, 0.25) is 5.02 Å². The summed E-state index contributed by atoms with van der Waals surface area (Å²) in [7, 11) is 1.47. The highest BCUT2D eigenvalue weighted by atomic mass is 35.5. The lowest BCUT2D eigenvalue weighted by molar-refractivity contribution is -0.123. The molecule has 1 N–H and O–H groups in total. The van der Waals surface area contributed by atoms with Crippen LogP contribution in [0.3, 0.4) is 0 Å². The highest BCUT2D eigenvalue weighted by Crippen LogP contribution is 2.28. The topological polar surface area (TPSA) is 84.9 Å². The van der Waals surface area contributed by atoms with Gasteiger partial charge in [-0.2, -0.15) is 0 Å². The smallest absolute Gasteiger partial charge is 0.338 e. The van der Waals surface area contributed by atoms with Gasteiger partial charge < -0.3 is 19.7 Å². The molecule has 3 rings (SSSR count). The lowest BCUT2D eigenvalue weighted by atomic mass is 10.2. The van der Waals surface area contributed by atoms with Gasteiger partial charge in [0, 0.05) is 23.7 Å². The third-order valence-corrected chi connectivity index (χ3v) is 4.80. The molecule has 0 bridgehead atoms. The predicted molar refractivity (Wildman–Crippen MR) is 110 cm³/mol. The SMILES string of the molecule is COc1ccc(Cl)cc1NC(=O)[C@H](C)OC(=O)c1ccc(N2CCCC2=O)cc1. The number of carbonyl (C=O) groups excluding carboxylic acids is 3. The fraction of sp³-hybridized carbons (Fsp3) is 0.286. The number of benzene rings is 2. The normalized spacial score (nSPS) is 14.4. The van der Waals surface area contributed by atoms with E-state index >= 15 is 0 Å². The van der Waals surface area contributed by atoms with E-state index in [2.05, 4.69) is 5.32 Å². The largest absolute Gasteiger partial charge is 0.495 e. The fourth-order valence-electron chi connectivity index (χ4n) is 2.99. The van der Waals surface area contributed by atoms with E-state index in [4.69, 9.17) is 21.1 Å². The van der Waals surface area contributed by atoms with Gasteiger partial charge in [-0.15, -0.1) is 0 Å². The number of amides is 2. The maximum atomic E-state index is 12.4. The molecule has 1 aliphatic rings. The Bertz CT molecular complexity index is 929. The quantitative estimate of drug-likeness (QED) is 0.726. The van der Waals surface area contributed by atoms with Crippen LogP contribution in [0.4, 0.5) is 11.4 Å². The van der Waals surface area contributed by atoms with E-state index in [1.807, 2.05) is 0 Å². The third kappa shape index (κ3) is 4.86. The molecule has 0 aliphatic carbocycles. The molecule has 152 valence electrons. The Morgan fingerprint density at radius 2 is 1.90 bits per heavy atom. The first-order valence-electron chi connectivity index (χ1n) is 9.15. The molecule has 1 saturated heterocycles. The average Bonchev–Trinajstić information content (AvgIpc) is 3.14. The van der Waals surface area contributed by atoms with E-state index in [0.717, 1.165) is 12.1 Å². The summed E-state index contributed by atoms with van der Waals surface area (Å²) < 4.78 is 10.4. The Hall–Kier alpha value is -3.06. The predicted octanol–water partition coefficient (Wildman–Crippen LogP) is 3.66. The minimum Gasteiger partial charge on any atom is -0.495 e. The van der Waals surface area contributed by atoms with Crippen molar-refractivity contribution in [3.05, 3.63) is 53.1 Å². The molecule has 0 spiro atoms. The number of nitrogens with zero attached hydrogens (tertiary/aromatic N) is 1. The van der Waals surface area contributed by atoms with Gasteiger partial charge in [-0.25, -0.2) is 4.79 Å². The first kappa shape index (κ1) is 20.7. The summed E-state index contributed by atoms with van der Waals surface area (Å²) in [4.78, 5) is 38.2. The van der Waals surface area contributed by atoms with Gasteiger partial charge in [-0.05, 0) is 55.8 Å². The highest BCUT2D eigenvalue weighted by Gasteiger charge is 2.23. The first-order chi connectivity index (χ1) is 13.9. The van der Waals surface area contributed by atoms with Crippen LogP contribution in [0.15, 0.2) is 42.5 Å². The number of methoxy groups -OCH3 is 1. The Labute approximate surface area is 173 Å². The minimum atomic E-state index is -1.04. The summed E-state index contributed by atoms with van der Waals surface area (Å²) in [6.07, 6.45) is 0.326. The number of nitrogens with one attached hydrogen (secondary N) is 1. The van der Waals surface area contributed by atoms with Crippen molar-refractivity contribution in [3.63, 3.8) is 0 Å². The van der Waals surface area contributed by atoms with E-state index in [1.165, 1.54) is 14.0 Å². The van der Waals surface area contributed by atoms with Crippen molar-refractivity contribution in [2.75, 3.05) is 23.9 Å². The standard InChI is InChI=1S/C21H21ClN2O5/c1-13(20(26)23-17-12-15(22)7-10-18(17)28-2)29-21(27)14-5-8-16(9-6-14)24-11-3-4-19(24)25/h5-10,12-13H,3-4,11H2,1-2H3,(H,23,26)/t13-/m0/s1. The second-order valence-electron chi connectivity index (χ2n) is 6.58. The van der Waals surface area contributed by atoms with Crippen LogP contribution in [-0.2, 0) is 14.3 Å². The molecule has 2 amide bonds. The second-order valence-corrected chi connectivity index (χ2v) is 7.01. The van der Waals surface area contributed by atoms with Gasteiger partial charge in [0.2, 0.25) is 5.91 Å². The van der Waals surface area contributed by atoms with E-state index in [1.54, 1.807) is 47.4 Å². The number of hydrogen-bond acceptors (Lipinski definition) is 5. The van der Waals surface area contributed by atoms with Crippen molar-refractivity contribution in [1.29, 1.82) is 0 Å². The summed E-state index contributed by atoms with van der Waals surface area (Å²) >= 11 is 5.95. The second kappa shape index (κ2) is 8.96. The van der Waals surface area contributed by atoms with Gasteiger partial charge in [0.05, 0.1) is 18.4 Å². The third-order valence-electron chi connectivity index (χ3n) is 4.56. The molecule has 2 aromatic rings. The van der Waals surface area contributed by atoms with E-state index in [9.17, 15) is 14.4 Å². The van der Waals surface area contributed by atoms with Gasteiger partial charge in [0.1, 0.15) is 5.75 Å². The lowest BCUT2D eigenvalue weighted by Gasteiger charge is -2.17. The molecule has 1 heterocycles. The molecular weight excluding hydrogens is 396 g/mol. The lowest BCUT2D eigenvalue weighted by Crippen LogP contribution is -2.30. The molecule has 29 heavy (non-hydrogen) atoms. The monoisotopic (exact) mass is 416 g/mol. The van der Waals surface area contributed by atoms with Crippen LogP contribution < -0.4 is 15.0 Å². The van der Waals surface area contributed by atoms with Gasteiger partial charge in [0.25, 0.3) is 5.91 Å². The van der Waals surface area contributed by atoms with Crippen LogP contribution >= 0.6 is 11.6 Å². The van der Waals surface area contributed by atoms with E-state index in [0.29, 0.717) is 35.0 Å². The molecule has 1 atom stereocenters. The van der Waals surface area contributed by atoms with Crippen LogP contribution in [0.1, 0.15) is 30.1 Å². The molecule has 8 heteroatoms. The molecule has 7 nitrogen and oxygen atoms in total. The number of halogens is 1. The van der Waals surface area contributed by atoms with Crippen LogP contribution in [0.5, 0.6) is 5.75 Å². The minimum absolute atomic E-state index is 0.0714. The van der Waals surface area contributed by atoms with Crippen LogP contribution in [0.25, 0.3) is 0 Å². The number of hydrogen-bond donors (Lipinski definition) is 1. The van der Waals surface area contributed by atoms with E-state index < -0.39 is 18.0 Å². The van der Waals surface area contributed by atoms with Crippen LogP contribution in [-0.4, -0.2) is 37.5 Å². The number of rotatable bonds is 6. The maximum Gasteiger partial charge on any atom is 0.338 e. The Kier molecular flexibility index (Phi) is 6.39. The Morgan fingerprint density at radius 3 is 2.52 bits per heavy atom. The van der Waals surface area contributed by atoms with Crippen molar-refractivity contribution < 1.29 is 23.9 Å². The highest BCUT2D eigenvalue weighted by molar-refractivity contribution is 6.31. The average molecular weight is 417 g/mol. The Morgan fingerprint density at radius 1 is 1.17 bits per heavy atom. The van der Waals surface area contributed by atoms with Crippen LogP contribution in [0, 0.1) is 0 Å². The molecule has 0 aromatic heterocycles. The summed E-state index contributed by atoms with van der Waals surface area (Å²) in [5.74, 6) is -0.640. The molecule has 0 saturated carbocycles. The van der Waals surface area contributed by atoms with Crippen molar-refractivity contribution in [1.82, 2.24) is 0 Å². The number of ether oxygens (including phenoxy) is 2. The summed E-state index contributed by atoms with van der Waals surface area (Å²) in [6, 6.07) is 11.4. The zero-order valence-electron chi connectivity index (χ0n) is 16.1. The van der Waals surface area contributed by atoms with E-state index in [-0.39, 0.29) is 5.91 Å². The number of anilines is 2. The van der Waals surface area contributed by atoms with Gasteiger partial charge in [-0.3, -0.25) is 9.59 Å². The van der Waals surface area contributed by atoms with Gasteiger partial charge >= 0.3 is 5.97 Å². The number of esters is 1. The first-order valence-corrected chi connectivity index (χ1v) is 9.52. The molecule has 0 unspecified atom stereocenters. The Balaban J connectivity index is 1.62. The van der Waals surface area contributed by atoms with Crippen molar-refractivity contribution in [2.45, 2.75) is 25.9 Å². The summed E-state index contributed by atoms with van der Waals surface area (Å²) in [6.45, 7) is 2.15. The molecule has 0 radical (unpaired) electrons. The number of carbonyl (C=O) groups is 3. The summed E-state index contributed by atoms with van der Waals surface area (Å²) in [5, 5.41) is 3.07. The zero-order valence-corrected chi connectivity index (χ0v) is 16.9. The molecular formula is C21H21ClN2O5. The van der Waals surface area contributed by atoms with Gasteiger partial charge in [-0.1, -0.05) is 11.6 Å². The molecule has 1 fully saturated rings. The summed E-state index contributed by atoms with van der Waals surface area (Å²) in [5.41, 5.74) is 1.41. The zero-order chi connectivity index (χ0) is 21.0. The van der Waals surface area contributed by atoms with Crippen molar-refractivity contribution in [2.24, 2.45) is 0 Å². The van der Waals surface area contributed by atoms with Crippen molar-refractivity contribution >= 4 is 40.8 Å². The molecule has 1 aliphatic heterocycles. The van der Waals surface area contributed by atoms with Gasteiger partial charge in [0.15, 0.2) is 6.10 Å². The molecule has 2 aromatic carbocycles. The maximum absolute atomic E-state index is 12.4.